The van der Waals surface area contributed by atoms with Crippen LogP contribution in [0.3, 0.4) is 0 Å². The first-order valence-corrected chi connectivity index (χ1v) is 8.31. The summed E-state index contributed by atoms with van der Waals surface area (Å²) in [5.74, 6) is 0.629. The third-order valence-corrected chi connectivity index (χ3v) is 3.85. The summed E-state index contributed by atoms with van der Waals surface area (Å²) < 4.78 is 5.63. The van der Waals surface area contributed by atoms with Crippen LogP contribution in [0.1, 0.15) is 35.2 Å². The third-order valence-electron chi connectivity index (χ3n) is 3.85. The number of aromatic nitrogens is 2. The van der Waals surface area contributed by atoms with Gasteiger partial charge in [-0.1, -0.05) is 29.8 Å². The molecular formula is C20H19N3O3. The standard InChI is InChI=1S/C20H19N3O3/c1-13-5-3-7-16(11-13)20-23-22-19(26-20)10-9-18(25)21-17-8-4-6-15(12-17)14(2)24/h3-8,11-12H,9-10H2,1-2H3,(H,21,25). The normalized spacial score (nSPS) is 10.5. The lowest BCUT2D eigenvalue weighted by Crippen LogP contribution is -2.12. The SMILES string of the molecule is CC(=O)c1cccc(NC(=O)CCc2nnc(-c3cccc(C)c3)o2)c1. The summed E-state index contributed by atoms with van der Waals surface area (Å²) in [7, 11) is 0. The Balaban J connectivity index is 1.58. The van der Waals surface area contributed by atoms with E-state index in [1.807, 2.05) is 31.2 Å². The zero-order valence-electron chi connectivity index (χ0n) is 14.7. The number of hydrogen-bond donors (Lipinski definition) is 1. The molecule has 0 saturated carbocycles. The van der Waals surface area contributed by atoms with E-state index in [0.29, 0.717) is 29.5 Å². The van der Waals surface area contributed by atoms with Crippen molar-refractivity contribution in [1.82, 2.24) is 10.2 Å². The molecule has 1 heterocycles. The number of benzene rings is 2. The second kappa shape index (κ2) is 7.74. The van der Waals surface area contributed by atoms with Gasteiger partial charge in [0, 0.05) is 29.7 Å². The largest absolute Gasteiger partial charge is 0.421 e. The molecule has 1 N–H and O–H groups in total. The highest BCUT2D eigenvalue weighted by Crippen LogP contribution is 2.19. The Labute approximate surface area is 151 Å². The van der Waals surface area contributed by atoms with Gasteiger partial charge in [0.25, 0.3) is 0 Å². The van der Waals surface area contributed by atoms with Gasteiger partial charge in [0.2, 0.25) is 17.7 Å². The fourth-order valence-electron chi connectivity index (χ4n) is 2.51. The summed E-state index contributed by atoms with van der Waals surface area (Å²) in [5, 5.41) is 10.8. The fourth-order valence-corrected chi connectivity index (χ4v) is 2.51. The summed E-state index contributed by atoms with van der Waals surface area (Å²) in [6, 6.07) is 14.6. The molecule has 0 unspecified atom stereocenters. The smallest absolute Gasteiger partial charge is 0.247 e. The number of amides is 1. The number of ketones is 1. The first kappa shape index (κ1) is 17.5. The van der Waals surface area contributed by atoms with Crippen molar-refractivity contribution in [3.63, 3.8) is 0 Å². The van der Waals surface area contributed by atoms with E-state index in [9.17, 15) is 9.59 Å². The monoisotopic (exact) mass is 349 g/mol. The van der Waals surface area contributed by atoms with Crippen LogP contribution in [0, 0.1) is 6.92 Å². The highest BCUT2D eigenvalue weighted by atomic mass is 16.4. The van der Waals surface area contributed by atoms with E-state index in [1.54, 1.807) is 24.3 Å². The molecule has 2 aromatic carbocycles. The van der Waals surface area contributed by atoms with Crippen LogP contribution in [0.25, 0.3) is 11.5 Å². The van der Waals surface area contributed by atoms with Gasteiger partial charge in [-0.15, -0.1) is 10.2 Å². The maximum atomic E-state index is 12.1. The quantitative estimate of drug-likeness (QED) is 0.684. The lowest BCUT2D eigenvalue weighted by Gasteiger charge is -2.05. The summed E-state index contributed by atoms with van der Waals surface area (Å²) in [4.78, 5) is 23.5. The number of anilines is 1. The van der Waals surface area contributed by atoms with Gasteiger partial charge >= 0.3 is 0 Å². The van der Waals surface area contributed by atoms with Crippen LogP contribution in [-0.4, -0.2) is 21.9 Å². The highest BCUT2D eigenvalue weighted by Gasteiger charge is 2.11. The molecule has 3 rings (SSSR count). The number of Topliss-reactive ketones (excluding diaryl/α,β-unsaturated/α-hetero) is 1. The number of rotatable bonds is 6. The van der Waals surface area contributed by atoms with Gasteiger partial charge in [-0.05, 0) is 38.1 Å². The predicted molar refractivity (Wildman–Crippen MR) is 97.9 cm³/mol. The van der Waals surface area contributed by atoms with E-state index in [4.69, 9.17) is 4.42 Å². The maximum Gasteiger partial charge on any atom is 0.247 e. The van der Waals surface area contributed by atoms with Crippen LogP contribution >= 0.6 is 0 Å². The van der Waals surface area contributed by atoms with Crippen LogP contribution in [0.4, 0.5) is 5.69 Å². The van der Waals surface area contributed by atoms with Gasteiger partial charge < -0.3 is 9.73 Å². The minimum atomic E-state index is -0.180. The number of nitrogens with one attached hydrogen (secondary N) is 1. The maximum absolute atomic E-state index is 12.1. The van der Waals surface area contributed by atoms with Crippen LogP contribution in [0.15, 0.2) is 52.9 Å². The Kier molecular flexibility index (Phi) is 5.22. The van der Waals surface area contributed by atoms with Crippen molar-refractivity contribution < 1.29 is 14.0 Å². The van der Waals surface area contributed by atoms with E-state index in [1.165, 1.54) is 6.92 Å². The Morgan fingerprint density at radius 1 is 1.08 bits per heavy atom. The molecule has 1 aromatic heterocycles. The summed E-state index contributed by atoms with van der Waals surface area (Å²) >= 11 is 0. The molecule has 0 aliphatic carbocycles. The van der Waals surface area contributed by atoms with E-state index < -0.39 is 0 Å². The van der Waals surface area contributed by atoms with Crippen molar-refractivity contribution in [2.24, 2.45) is 0 Å². The van der Waals surface area contributed by atoms with Crippen LogP contribution in [0.5, 0.6) is 0 Å². The minimum Gasteiger partial charge on any atom is -0.421 e. The van der Waals surface area contributed by atoms with Crippen molar-refractivity contribution in [3.05, 3.63) is 65.5 Å². The van der Waals surface area contributed by atoms with E-state index >= 15 is 0 Å². The topological polar surface area (TPSA) is 85.1 Å². The molecule has 132 valence electrons. The summed E-state index contributed by atoms with van der Waals surface area (Å²) in [5.41, 5.74) is 3.11. The molecule has 6 nitrogen and oxygen atoms in total. The van der Waals surface area contributed by atoms with Crippen molar-refractivity contribution in [1.29, 1.82) is 0 Å². The fraction of sp³-hybridized carbons (Fsp3) is 0.200. The molecule has 26 heavy (non-hydrogen) atoms. The van der Waals surface area contributed by atoms with Gasteiger partial charge in [0.1, 0.15) is 0 Å². The molecule has 0 aliphatic rings. The molecule has 0 fully saturated rings. The number of carbonyl (C=O) groups excluding carboxylic acids is 2. The average Bonchev–Trinajstić information content (AvgIpc) is 3.09. The molecule has 0 bridgehead atoms. The molecule has 0 spiro atoms. The van der Waals surface area contributed by atoms with Crippen molar-refractivity contribution in [2.45, 2.75) is 26.7 Å². The third kappa shape index (κ3) is 4.42. The van der Waals surface area contributed by atoms with Crippen molar-refractivity contribution in [3.8, 4) is 11.5 Å². The van der Waals surface area contributed by atoms with Crippen LogP contribution < -0.4 is 5.32 Å². The molecular weight excluding hydrogens is 330 g/mol. The predicted octanol–water partition coefficient (Wildman–Crippen LogP) is 3.82. The summed E-state index contributed by atoms with van der Waals surface area (Å²) in [6.45, 7) is 3.48. The first-order valence-electron chi connectivity index (χ1n) is 8.31. The number of hydrogen-bond acceptors (Lipinski definition) is 5. The Morgan fingerprint density at radius 2 is 1.88 bits per heavy atom. The minimum absolute atomic E-state index is 0.0457. The molecule has 6 heteroatoms. The number of carbonyl (C=O) groups is 2. The average molecular weight is 349 g/mol. The van der Waals surface area contributed by atoms with Crippen molar-refractivity contribution in [2.75, 3.05) is 5.32 Å². The second-order valence-corrected chi connectivity index (χ2v) is 6.06. The lowest BCUT2D eigenvalue weighted by atomic mass is 10.1. The molecule has 1 amide bonds. The van der Waals surface area contributed by atoms with Gasteiger partial charge in [-0.25, -0.2) is 0 Å². The molecule has 3 aromatic rings. The van der Waals surface area contributed by atoms with Crippen LogP contribution in [0.2, 0.25) is 0 Å². The Morgan fingerprint density at radius 3 is 2.65 bits per heavy atom. The Hall–Kier alpha value is -3.28. The zero-order chi connectivity index (χ0) is 18.5. The lowest BCUT2D eigenvalue weighted by molar-refractivity contribution is -0.116. The summed E-state index contributed by atoms with van der Waals surface area (Å²) in [6.07, 6.45) is 0.552. The number of nitrogens with zero attached hydrogens (tertiary/aromatic N) is 2. The van der Waals surface area contributed by atoms with Gasteiger partial charge in [0.05, 0.1) is 0 Å². The van der Waals surface area contributed by atoms with Gasteiger partial charge in [0.15, 0.2) is 5.78 Å². The second-order valence-electron chi connectivity index (χ2n) is 6.06. The molecule has 0 radical (unpaired) electrons. The molecule has 0 atom stereocenters. The molecule has 0 aliphatic heterocycles. The van der Waals surface area contributed by atoms with Crippen LogP contribution in [-0.2, 0) is 11.2 Å². The van der Waals surface area contributed by atoms with Gasteiger partial charge in [-0.3, -0.25) is 9.59 Å². The van der Waals surface area contributed by atoms with E-state index in [-0.39, 0.29) is 18.1 Å². The Bertz CT molecular complexity index is 947. The molecule has 0 saturated heterocycles. The van der Waals surface area contributed by atoms with E-state index in [0.717, 1.165) is 11.1 Å². The first-order chi connectivity index (χ1) is 12.5. The van der Waals surface area contributed by atoms with E-state index in [2.05, 4.69) is 15.5 Å². The van der Waals surface area contributed by atoms with Crippen molar-refractivity contribution >= 4 is 17.4 Å². The highest BCUT2D eigenvalue weighted by molar-refractivity contribution is 5.97. The van der Waals surface area contributed by atoms with Gasteiger partial charge in [-0.2, -0.15) is 0 Å². The number of aryl methyl sites for hydroxylation is 2. The zero-order valence-corrected chi connectivity index (χ0v) is 14.7.